The summed E-state index contributed by atoms with van der Waals surface area (Å²) in [4.78, 5) is 11.4. The lowest BCUT2D eigenvalue weighted by molar-refractivity contribution is 0.101. The molecule has 0 aliphatic heterocycles. The van der Waals surface area contributed by atoms with E-state index in [4.69, 9.17) is 0 Å². The number of sulfone groups is 1. The zero-order chi connectivity index (χ0) is 21.2. The number of carbonyl (C=O) groups excluding carboxylic acids is 1. The van der Waals surface area contributed by atoms with Gasteiger partial charge in [-0.2, -0.15) is 0 Å². The van der Waals surface area contributed by atoms with Crippen LogP contribution in [0.4, 0.5) is 5.69 Å². The first-order valence-corrected chi connectivity index (χ1v) is 11.7. The van der Waals surface area contributed by atoms with Gasteiger partial charge in [0.2, 0.25) is 0 Å². The summed E-state index contributed by atoms with van der Waals surface area (Å²) in [6, 6.07) is 14.9. The van der Waals surface area contributed by atoms with Gasteiger partial charge in [-0.1, -0.05) is 24.3 Å². The summed E-state index contributed by atoms with van der Waals surface area (Å²) < 4.78 is 50.6. The molecule has 0 unspecified atom stereocenters. The normalized spacial score (nSPS) is 11.8. The van der Waals surface area contributed by atoms with Crippen LogP contribution in [0.3, 0.4) is 0 Å². The Kier molecular flexibility index (Phi) is 5.49. The van der Waals surface area contributed by atoms with Gasteiger partial charge in [0.25, 0.3) is 10.0 Å². The third-order valence-electron chi connectivity index (χ3n) is 4.00. The molecule has 29 heavy (non-hydrogen) atoms. The lowest BCUT2D eigenvalue weighted by Crippen LogP contribution is -2.13. The molecule has 0 saturated carbocycles. The molecule has 0 radical (unpaired) electrons. The Morgan fingerprint density at radius 2 is 1.59 bits per heavy atom. The molecule has 8 nitrogen and oxygen atoms in total. The minimum atomic E-state index is -3.86. The van der Waals surface area contributed by atoms with Crippen molar-refractivity contribution in [1.82, 2.24) is 10.2 Å². The van der Waals surface area contributed by atoms with E-state index in [2.05, 4.69) is 14.9 Å². The van der Waals surface area contributed by atoms with Crippen LogP contribution in [-0.2, 0) is 19.9 Å². The molecule has 0 saturated heterocycles. The van der Waals surface area contributed by atoms with E-state index in [0.717, 1.165) is 6.26 Å². The van der Waals surface area contributed by atoms with E-state index in [0.29, 0.717) is 22.5 Å². The number of nitrogens with one attached hydrogen (secondary N) is 1. The quantitative estimate of drug-likeness (QED) is 0.595. The predicted octanol–water partition coefficient (Wildman–Crippen LogP) is 2.55. The average molecular weight is 431 g/mol. The van der Waals surface area contributed by atoms with Gasteiger partial charge in [-0.3, -0.25) is 9.52 Å². The maximum Gasteiger partial charge on any atom is 0.261 e. The zero-order valence-electron chi connectivity index (χ0n) is 15.5. The first-order chi connectivity index (χ1) is 13.6. The lowest BCUT2D eigenvalue weighted by Gasteiger charge is -2.10. The number of hydrogen-bond donors (Lipinski definition) is 1. The molecule has 2 aromatic carbocycles. The second-order valence-corrected chi connectivity index (χ2v) is 9.94. The van der Waals surface area contributed by atoms with Crippen molar-refractivity contribution in [1.29, 1.82) is 0 Å². The van der Waals surface area contributed by atoms with Crippen LogP contribution in [0.15, 0.2) is 70.6 Å². The van der Waals surface area contributed by atoms with Crippen LogP contribution in [0.2, 0.25) is 0 Å². The number of Topliss-reactive ketones (excluding diaryl/α,β-unsaturated/α-hetero) is 1. The predicted molar refractivity (Wildman–Crippen MR) is 108 cm³/mol. The first-order valence-electron chi connectivity index (χ1n) is 8.34. The second-order valence-electron chi connectivity index (χ2n) is 6.30. The summed E-state index contributed by atoms with van der Waals surface area (Å²) in [5.74, 6) is -0.155. The average Bonchev–Trinajstić information content (AvgIpc) is 2.67. The number of anilines is 1. The largest absolute Gasteiger partial charge is 0.295 e. The summed E-state index contributed by atoms with van der Waals surface area (Å²) in [5, 5.41) is 7.45. The monoisotopic (exact) mass is 431 g/mol. The van der Waals surface area contributed by atoms with Gasteiger partial charge < -0.3 is 0 Å². The van der Waals surface area contributed by atoms with Gasteiger partial charge in [-0.25, -0.2) is 16.8 Å². The standard InChI is InChI=1S/C19H17N3O5S2/c1-13(23)14-6-8-17(9-7-14)29(26,27)22-16-5-3-4-15(12-16)18-10-11-19(21-20-18)28(2,24)25/h3-12,22H,1-2H3. The summed E-state index contributed by atoms with van der Waals surface area (Å²) >= 11 is 0. The van der Waals surface area contributed by atoms with Crippen molar-refractivity contribution in [2.24, 2.45) is 0 Å². The summed E-state index contributed by atoms with van der Waals surface area (Å²) in [6.45, 7) is 1.40. The Bertz CT molecular complexity index is 1270. The van der Waals surface area contributed by atoms with Crippen molar-refractivity contribution in [3.8, 4) is 11.3 Å². The van der Waals surface area contributed by atoms with E-state index in [1.165, 1.54) is 43.3 Å². The lowest BCUT2D eigenvalue weighted by atomic mass is 10.1. The molecule has 0 aliphatic rings. The highest BCUT2D eigenvalue weighted by atomic mass is 32.2. The maximum absolute atomic E-state index is 12.6. The fourth-order valence-corrected chi connectivity index (χ4v) is 4.05. The Hall–Kier alpha value is -3.11. The molecule has 0 spiro atoms. The van der Waals surface area contributed by atoms with E-state index in [9.17, 15) is 21.6 Å². The van der Waals surface area contributed by atoms with Gasteiger partial charge >= 0.3 is 0 Å². The van der Waals surface area contributed by atoms with Crippen molar-refractivity contribution >= 4 is 31.3 Å². The summed E-state index contributed by atoms with van der Waals surface area (Å²) in [7, 11) is -7.32. The molecule has 10 heteroatoms. The van der Waals surface area contributed by atoms with Gasteiger partial charge in [-0.05, 0) is 43.3 Å². The molecule has 150 valence electrons. The van der Waals surface area contributed by atoms with Crippen molar-refractivity contribution in [3.63, 3.8) is 0 Å². The minimum Gasteiger partial charge on any atom is -0.295 e. The van der Waals surface area contributed by atoms with Gasteiger partial charge in [0.1, 0.15) is 0 Å². The Labute approximate surface area is 168 Å². The molecular formula is C19H17N3O5S2. The molecule has 0 atom stereocenters. The van der Waals surface area contributed by atoms with Crippen LogP contribution in [-0.4, -0.2) is 39.1 Å². The smallest absolute Gasteiger partial charge is 0.261 e. The number of benzene rings is 2. The number of nitrogens with zero attached hydrogens (tertiary/aromatic N) is 2. The number of rotatable bonds is 6. The number of hydrogen-bond acceptors (Lipinski definition) is 7. The van der Waals surface area contributed by atoms with Crippen LogP contribution in [0.1, 0.15) is 17.3 Å². The van der Waals surface area contributed by atoms with Crippen molar-refractivity contribution in [2.45, 2.75) is 16.8 Å². The van der Waals surface area contributed by atoms with Crippen LogP contribution in [0.25, 0.3) is 11.3 Å². The van der Waals surface area contributed by atoms with Crippen molar-refractivity contribution < 1.29 is 21.6 Å². The third kappa shape index (κ3) is 4.84. The summed E-state index contributed by atoms with van der Waals surface area (Å²) in [5.41, 5.74) is 1.67. The van der Waals surface area contributed by atoms with Crippen molar-refractivity contribution in [3.05, 3.63) is 66.2 Å². The van der Waals surface area contributed by atoms with Crippen LogP contribution >= 0.6 is 0 Å². The fourth-order valence-electron chi connectivity index (χ4n) is 2.50. The Morgan fingerprint density at radius 3 is 2.14 bits per heavy atom. The number of carbonyl (C=O) groups is 1. The first kappa shape index (κ1) is 20.6. The molecular weight excluding hydrogens is 414 g/mol. The van der Waals surface area contributed by atoms with E-state index < -0.39 is 19.9 Å². The van der Waals surface area contributed by atoms with Crippen molar-refractivity contribution in [2.75, 3.05) is 11.0 Å². The molecule has 0 aliphatic carbocycles. The topological polar surface area (TPSA) is 123 Å². The molecule has 0 amide bonds. The van der Waals surface area contributed by atoms with E-state index in [1.54, 1.807) is 24.3 Å². The highest BCUT2D eigenvalue weighted by Gasteiger charge is 2.15. The molecule has 0 fully saturated rings. The highest BCUT2D eigenvalue weighted by Crippen LogP contribution is 2.23. The number of ketones is 1. The van der Waals surface area contributed by atoms with E-state index in [1.807, 2.05) is 0 Å². The Morgan fingerprint density at radius 1 is 0.897 bits per heavy atom. The minimum absolute atomic E-state index is 0.0187. The molecule has 1 N–H and O–H groups in total. The molecule has 1 heterocycles. The zero-order valence-corrected chi connectivity index (χ0v) is 17.2. The third-order valence-corrected chi connectivity index (χ3v) is 6.38. The molecule has 0 bridgehead atoms. The van der Waals surface area contributed by atoms with Crippen LogP contribution < -0.4 is 4.72 Å². The molecule has 1 aromatic heterocycles. The SMILES string of the molecule is CC(=O)c1ccc(S(=O)(=O)Nc2cccc(-c3ccc(S(C)(=O)=O)nn3)c2)cc1. The highest BCUT2D eigenvalue weighted by molar-refractivity contribution is 7.92. The van der Waals surface area contributed by atoms with Crippen LogP contribution in [0, 0.1) is 0 Å². The van der Waals surface area contributed by atoms with E-state index >= 15 is 0 Å². The van der Waals surface area contributed by atoms with Gasteiger partial charge in [-0.15, -0.1) is 10.2 Å². The summed E-state index contributed by atoms with van der Waals surface area (Å²) in [6.07, 6.45) is 1.04. The van der Waals surface area contributed by atoms with Gasteiger partial charge in [0.15, 0.2) is 20.6 Å². The maximum atomic E-state index is 12.6. The van der Waals surface area contributed by atoms with Gasteiger partial charge in [0.05, 0.1) is 10.6 Å². The fraction of sp³-hybridized carbons (Fsp3) is 0.105. The Balaban J connectivity index is 1.86. The molecule has 3 aromatic rings. The number of sulfonamides is 1. The second kappa shape index (κ2) is 7.72. The number of aromatic nitrogens is 2. The van der Waals surface area contributed by atoms with Gasteiger partial charge in [0, 0.05) is 23.1 Å². The molecule has 3 rings (SSSR count). The van der Waals surface area contributed by atoms with E-state index in [-0.39, 0.29) is 15.7 Å². The van der Waals surface area contributed by atoms with Crippen LogP contribution in [0.5, 0.6) is 0 Å².